The molecule has 0 saturated heterocycles. The van der Waals surface area contributed by atoms with Crippen molar-refractivity contribution in [1.29, 1.82) is 0 Å². The summed E-state index contributed by atoms with van der Waals surface area (Å²) in [7, 11) is 0. The fraction of sp³-hybridized carbons (Fsp3) is 0.500. The quantitative estimate of drug-likeness (QED) is 0.571. The number of nitrogens with zero attached hydrogens (tertiary/aromatic N) is 2. The van der Waals surface area contributed by atoms with E-state index in [1.165, 1.54) is 0 Å². The Labute approximate surface area is 51.9 Å². The summed E-state index contributed by atoms with van der Waals surface area (Å²) >= 11 is 1.60. The molecule has 3 nitrogen and oxygen atoms in total. The van der Waals surface area contributed by atoms with Gasteiger partial charge >= 0.3 is 0 Å². The normalized spacial score (nSPS) is 9.75. The number of aryl methyl sites for hydroxylation is 1. The topological polar surface area (TPSA) is 41.6 Å². The van der Waals surface area contributed by atoms with Gasteiger partial charge in [-0.15, -0.1) is 16.9 Å². The SMILES string of the molecule is CSc1nn[nH]c1C. The fourth-order valence-corrected chi connectivity index (χ4v) is 0.936. The van der Waals surface area contributed by atoms with Gasteiger partial charge in [0.25, 0.3) is 0 Å². The van der Waals surface area contributed by atoms with Gasteiger partial charge in [0, 0.05) is 0 Å². The molecule has 0 aliphatic carbocycles. The maximum Gasteiger partial charge on any atom is 0.141 e. The van der Waals surface area contributed by atoms with Gasteiger partial charge in [-0.05, 0) is 13.2 Å². The minimum absolute atomic E-state index is 0.977. The maximum atomic E-state index is 3.79. The third-order valence-corrected chi connectivity index (χ3v) is 1.65. The van der Waals surface area contributed by atoms with E-state index in [-0.39, 0.29) is 0 Å². The molecule has 1 N–H and O–H groups in total. The van der Waals surface area contributed by atoms with Crippen LogP contribution < -0.4 is 0 Å². The second-order valence-corrected chi connectivity index (χ2v) is 2.24. The molecule has 0 bridgehead atoms. The van der Waals surface area contributed by atoms with Crippen molar-refractivity contribution in [3.8, 4) is 0 Å². The van der Waals surface area contributed by atoms with Crippen molar-refractivity contribution < 1.29 is 0 Å². The first-order chi connectivity index (χ1) is 3.84. The lowest BCUT2D eigenvalue weighted by Gasteiger charge is -1.83. The van der Waals surface area contributed by atoms with Gasteiger partial charge in [-0.1, -0.05) is 5.21 Å². The van der Waals surface area contributed by atoms with E-state index in [0.29, 0.717) is 0 Å². The monoisotopic (exact) mass is 129 g/mol. The Morgan fingerprint density at radius 1 is 1.62 bits per heavy atom. The van der Waals surface area contributed by atoms with Crippen molar-refractivity contribution in [2.45, 2.75) is 11.9 Å². The number of rotatable bonds is 1. The van der Waals surface area contributed by atoms with Crippen LogP contribution in [-0.4, -0.2) is 21.7 Å². The zero-order valence-corrected chi connectivity index (χ0v) is 5.62. The predicted molar refractivity (Wildman–Crippen MR) is 32.9 cm³/mol. The van der Waals surface area contributed by atoms with Crippen LogP contribution in [0.15, 0.2) is 5.03 Å². The van der Waals surface area contributed by atoms with Gasteiger partial charge in [0.2, 0.25) is 0 Å². The largest absolute Gasteiger partial charge is 0.261 e. The number of H-pyrrole nitrogens is 1. The third-order valence-electron chi connectivity index (χ3n) is 0.873. The molecule has 1 rings (SSSR count). The molecule has 1 heterocycles. The van der Waals surface area contributed by atoms with Gasteiger partial charge in [0.15, 0.2) is 0 Å². The van der Waals surface area contributed by atoms with E-state index in [1.54, 1.807) is 11.8 Å². The number of thioether (sulfide) groups is 1. The molecule has 4 heteroatoms. The van der Waals surface area contributed by atoms with E-state index in [0.717, 1.165) is 10.7 Å². The van der Waals surface area contributed by atoms with E-state index < -0.39 is 0 Å². The lowest BCUT2D eigenvalue weighted by atomic mass is 10.6. The average Bonchev–Trinajstić information content (AvgIpc) is 2.14. The Kier molecular flexibility index (Phi) is 1.53. The summed E-state index contributed by atoms with van der Waals surface area (Å²) in [4.78, 5) is 0. The fourth-order valence-electron chi connectivity index (χ4n) is 0.462. The summed E-state index contributed by atoms with van der Waals surface area (Å²) in [5, 5.41) is 11.1. The molecule has 0 aliphatic rings. The first-order valence-corrected chi connectivity index (χ1v) is 3.48. The molecule has 0 radical (unpaired) electrons. The van der Waals surface area contributed by atoms with Gasteiger partial charge in [-0.3, -0.25) is 5.10 Å². The van der Waals surface area contributed by atoms with Crippen LogP contribution >= 0.6 is 11.8 Å². The second-order valence-electron chi connectivity index (χ2n) is 1.45. The first kappa shape index (κ1) is 5.62. The molecule has 0 aliphatic heterocycles. The molecule has 0 atom stereocenters. The van der Waals surface area contributed by atoms with Crippen molar-refractivity contribution in [2.75, 3.05) is 6.26 Å². The van der Waals surface area contributed by atoms with Crippen LogP contribution in [0.1, 0.15) is 5.69 Å². The molecule has 1 aromatic rings. The smallest absolute Gasteiger partial charge is 0.141 e. The number of nitrogens with one attached hydrogen (secondary N) is 1. The van der Waals surface area contributed by atoms with E-state index in [2.05, 4.69) is 15.4 Å². The van der Waals surface area contributed by atoms with Gasteiger partial charge in [0.1, 0.15) is 5.03 Å². The van der Waals surface area contributed by atoms with E-state index >= 15 is 0 Å². The van der Waals surface area contributed by atoms with Crippen molar-refractivity contribution in [3.63, 3.8) is 0 Å². The Bertz CT molecular complexity index is 172. The van der Waals surface area contributed by atoms with Crippen LogP contribution in [0.4, 0.5) is 0 Å². The summed E-state index contributed by atoms with van der Waals surface area (Å²) < 4.78 is 0. The van der Waals surface area contributed by atoms with E-state index in [1.807, 2.05) is 13.2 Å². The highest BCUT2D eigenvalue weighted by atomic mass is 32.2. The second kappa shape index (κ2) is 2.17. The molecule has 0 saturated carbocycles. The van der Waals surface area contributed by atoms with Crippen LogP contribution in [0.25, 0.3) is 0 Å². The number of hydrogen-bond acceptors (Lipinski definition) is 3. The molecule has 0 amide bonds. The molecular formula is C4H7N3S. The van der Waals surface area contributed by atoms with Crippen LogP contribution in [0.2, 0.25) is 0 Å². The van der Waals surface area contributed by atoms with Gasteiger partial charge in [-0.2, -0.15) is 0 Å². The van der Waals surface area contributed by atoms with Gasteiger partial charge in [0.05, 0.1) is 5.69 Å². The van der Waals surface area contributed by atoms with Crippen molar-refractivity contribution >= 4 is 11.8 Å². The van der Waals surface area contributed by atoms with Crippen molar-refractivity contribution in [1.82, 2.24) is 15.4 Å². The molecule has 44 valence electrons. The minimum atomic E-state index is 0.977. The molecule has 0 unspecified atom stereocenters. The Hall–Kier alpha value is -0.510. The molecular weight excluding hydrogens is 122 g/mol. The zero-order valence-electron chi connectivity index (χ0n) is 4.80. The summed E-state index contributed by atoms with van der Waals surface area (Å²) in [5.41, 5.74) is 1.04. The van der Waals surface area contributed by atoms with Crippen LogP contribution in [-0.2, 0) is 0 Å². The third kappa shape index (κ3) is 0.838. The molecule has 0 spiro atoms. The lowest BCUT2D eigenvalue weighted by molar-refractivity contribution is 0.908. The van der Waals surface area contributed by atoms with Crippen molar-refractivity contribution in [2.24, 2.45) is 0 Å². The standard InChI is InChI=1S/C4H7N3S/c1-3-4(8-2)6-7-5-3/h1-2H3,(H,5,6,7). The summed E-state index contributed by atoms with van der Waals surface area (Å²) in [5.74, 6) is 0. The highest BCUT2D eigenvalue weighted by Gasteiger charge is 1.96. The summed E-state index contributed by atoms with van der Waals surface area (Å²) in [6, 6.07) is 0. The predicted octanol–water partition coefficient (Wildman–Crippen LogP) is 0.835. The highest BCUT2D eigenvalue weighted by molar-refractivity contribution is 7.98. The molecule has 8 heavy (non-hydrogen) atoms. The first-order valence-electron chi connectivity index (χ1n) is 2.26. The molecule has 0 fully saturated rings. The summed E-state index contributed by atoms with van der Waals surface area (Å²) in [6.45, 7) is 1.95. The number of aromatic amines is 1. The van der Waals surface area contributed by atoms with Gasteiger partial charge in [-0.25, -0.2) is 0 Å². The Morgan fingerprint density at radius 2 is 2.38 bits per heavy atom. The molecule has 1 aromatic heterocycles. The van der Waals surface area contributed by atoms with E-state index in [9.17, 15) is 0 Å². The maximum absolute atomic E-state index is 3.79. The number of aromatic nitrogens is 3. The van der Waals surface area contributed by atoms with Crippen LogP contribution in [0.3, 0.4) is 0 Å². The van der Waals surface area contributed by atoms with Crippen LogP contribution in [0, 0.1) is 6.92 Å². The lowest BCUT2D eigenvalue weighted by Crippen LogP contribution is -1.71. The Morgan fingerprint density at radius 3 is 2.62 bits per heavy atom. The average molecular weight is 129 g/mol. The summed E-state index contributed by atoms with van der Waals surface area (Å²) in [6.07, 6.45) is 1.98. The van der Waals surface area contributed by atoms with E-state index in [4.69, 9.17) is 0 Å². The molecule has 0 aromatic carbocycles. The zero-order chi connectivity index (χ0) is 5.98. The van der Waals surface area contributed by atoms with Crippen LogP contribution in [0.5, 0.6) is 0 Å². The highest BCUT2D eigenvalue weighted by Crippen LogP contribution is 2.11. The minimum Gasteiger partial charge on any atom is -0.261 e. The Balaban J connectivity index is 2.92. The van der Waals surface area contributed by atoms with Gasteiger partial charge < -0.3 is 0 Å². The number of hydrogen-bond donors (Lipinski definition) is 1. The van der Waals surface area contributed by atoms with Crippen molar-refractivity contribution in [3.05, 3.63) is 5.69 Å².